The minimum Gasteiger partial charge on any atom is -0.271 e. The van der Waals surface area contributed by atoms with E-state index in [0.29, 0.717) is 19.3 Å². The van der Waals surface area contributed by atoms with Crippen molar-refractivity contribution in [3.05, 3.63) is 12.2 Å². The SMILES string of the molecule is CCCn1ncnc1CC(NN)C1CCC(F)(F)CC1. The van der Waals surface area contributed by atoms with Crippen LogP contribution in [0.4, 0.5) is 8.78 Å². The number of nitrogens with two attached hydrogens (primary N) is 1. The minimum absolute atomic E-state index is 0.0223. The van der Waals surface area contributed by atoms with E-state index in [9.17, 15) is 8.78 Å². The number of aromatic nitrogens is 3. The number of hydrazine groups is 1. The summed E-state index contributed by atoms with van der Waals surface area (Å²) < 4.78 is 28.3. The van der Waals surface area contributed by atoms with Gasteiger partial charge in [0, 0.05) is 31.8 Å². The first-order valence-electron chi connectivity index (χ1n) is 7.26. The van der Waals surface area contributed by atoms with E-state index in [4.69, 9.17) is 5.84 Å². The van der Waals surface area contributed by atoms with E-state index >= 15 is 0 Å². The molecule has 0 saturated heterocycles. The number of nitrogens with zero attached hydrogens (tertiary/aromatic N) is 3. The first-order chi connectivity index (χ1) is 9.55. The second-order valence-corrected chi connectivity index (χ2v) is 5.57. The lowest BCUT2D eigenvalue weighted by Crippen LogP contribution is -2.45. The Kier molecular flexibility index (Phi) is 5.04. The van der Waals surface area contributed by atoms with E-state index < -0.39 is 5.92 Å². The maximum absolute atomic E-state index is 13.2. The molecule has 1 heterocycles. The van der Waals surface area contributed by atoms with E-state index in [-0.39, 0.29) is 24.8 Å². The molecule has 1 saturated carbocycles. The molecule has 3 N–H and O–H groups in total. The summed E-state index contributed by atoms with van der Waals surface area (Å²) in [5, 5.41) is 4.18. The highest BCUT2D eigenvalue weighted by atomic mass is 19.3. The molecule has 1 aromatic rings. The molecule has 0 aromatic carbocycles. The summed E-state index contributed by atoms with van der Waals surface area (Å²) in [6.45, 7) is 2.89. The molecule has 0 bridgehead atoms. The molecule has 7 heteroatoms. The second-order valence-electron chi connectivity index (χ2n) is 5.57. The van der Waals surface area contributed by atoms with Crippen molar-refractivity contribution in [3.63, 3.8) is 0 Å². The molecule has 0 spiro atoms. The van der Waals surface area contributed by atoms with Crippen molar-refractivity contribution in [1.29, 1.82) is 0 Å². The van der Waals surface area contributed by atoms with Gasteiger partial charge in [0.05, 0.1) is 0 Å². The highest BCUT2D eigenvalue weighted by Crippen LogP contribution is 2.37. The molecule has 1 unspecified atom stereocenters. The quantitative estimate of drug-likeness (QED) is 0.619. The molecule has 0 radical (unpaired) electrons. The number of hydrogen-bond donors (Lipinski definition) is 2. The van der Waals surface area contributed by atoms with Crippen molar-refractivity contribution in [1.82, 2.24) is 20.2 Å². The van der Waals surface area contributed by atoms with Gasteiger partial charge in [0.25, 0.3) is 0 Å². The molecule has 1 aliphatic rings. The molecule has 1 atom stereocenters. The molecule has 20 heavy (non-hydrogen) atoms. The van der Waals surface area contributed by atoms with Crippen molar-refractivity contribution in [2.75, 3.05) is 0 Å². The molecule has 2 rings (SSSR count). The van der Waals surface area contributed by atoms with Gasteiger partial charge in [-0.05, 0) is 25.2 Å². The zero-order chi connectivity index (χ0) is 14.6. The summed E-state index contributed by atoms with van der Waals surface area (Å²) >= 11 is 0. The molecule has 5 nitrogen and oxygen atoms in total. The first kappa shape index (κ1) is 15.3. The van der Waals surface area contributed by atoms with Crippen molar-refractivity contribution < 1.29 is 8.78 Å². The number of alkyl halides is 2. The van der Waals surface area contributed by atoms with Gasteiger partial charge in [0.15, 0.2) is 0 Å². The topological polar surface area (TPSA) is 68.8 Å². The molecule has 1 aromatic heterocycles. The van der Waals surface area contributed by atoms with E-state index in [1.54, 1.807) is 0 Å². The molecule has 1 aliphatic carbocycles. The third kappa shape index (κ3) is 3.73. The lowest BCUT2D eigenvalue weighted by atomic mass is 9.81. The van der Waals surface area contributed by atoms with Gasteiger partial charge < -0.3 is 0 Å². The van der Waals surface area contributed by atoms with E-state index in [0.717, 1.165) is 18.8 Å². The summed E-state index contributed by atoms with van der Waals surface area (Å²) in [7, 11) is 0. The first-order valence-corrected chi connectivity index (χ1v) is 7.26. The standard InChI is InChI=1S/C13H23F2N5/c1-2-7-20-12(17-9-18-20)8-11(19-16)10-3-5-13(14,15)6-4-10/h9-11,19H,2-8,16H2,1H3. The van der Waals surface area contributed by atoms with Gasteiger partial charge in [-0.1, -0.05) is 6.92 Å². The smallest absolute Gasteiger partial charge is 0.248 e. The minimum atomic E-state index is -2.50. The Bertz CT molecular complexity index is 411. The maximum Gasteiger partial charge on any atom is 0.248 e. The van der Waals surface area contributed by atoms with Crippen LogP contribution in [-0.2, 0) is 13.0 Å². The lowest BCUT2D eigenvalue weighted by molar-refractivity contribution is -0.0496. The summed E-state index contributed by atoms with van der Waals surface area (Å²) in [4.78, 5) is 4.25. The Morgan fingerprint density at radius 2 is 2.20 bits per heavy atom. The van der Waals surface area contributed by atoms with Gasteiger partial charge in [-0.15, -0.1) is 0 Å². The Balaban J connectivity index is 1.97. The van der Waals surface area contributed by atoms with Crippen LogP contribution in [0.5, 0.6) is 0 Å². The fourth-order valence-corrected chi connectivity index (χ4v) is 2.87. The molecule has 1 fully saturated rings. The predicted molar refractivity (Wildman–Crippen MR) is 72.0 cm³/mol. The number of aryl methyl sites for hydroxylation is 1. The van der Waals surface area contributed by atoms with Gasteiger partial charge in [-0.25, -0.2) is 13.8 Å². The molecule has 114 valence electrons. The van der Waals surface area contributed by atoms with Crippen LogP contribution < -0.4 is 11.3 Å². The Labute approximate surface area is 117 Å². The summed E-state index contributed by atoms with van der Waals surface area (Å²) in [6.07, 6.45) is 4.07. The van der Waals surface area contributed by atoms with E-state index in [1.165, 1.54) is 6.33 Å². The van der Waals surface area contributed by atoms with Crippen molar-refractivity contribution in [2.24, 2.45) is 11.8 Å². The summed E-state index contributed by atoms with van der Waals surface area (Å²) in [5.74, 6) is 4.16. The monoisotopic (exact) mass is 287 g/mol. The van der Waals surface area contributed by atoms with Crippen LogP contribution in [-0.4, -0.2) is 26.7 Å². The van der Waals surface area contributed by atoms with Crippen molar-refractivity contribution in [3.8, 4) is 0 Å². The van der Waals surface area contributed by atoms with E-state index in [2.05, 4.69) is 22.4 Å². The van der Waals surface area contributed by atoms with Crippen LogP contribution in [0.1, 0.15) is 44.9 Å². The van der Waals surface area contributed by atoms with Gasteiger partial charge >= 0.3 is 0 Å². The van der Waals surface area contributed by atoms with Crippen LogP contribution in [0.25, 0.3) is 0 Å². The zero-order valence-corrected chi connectivity index (χ0v) is 11.9. The van der Waals surface area contributed by atoms with Crippen LogP contribution in [0.3, 0.4) is 0 Å². The normalized spacial score (nSPS) is 21.0. The molecular weight excluding hydrogens is 264 g/mol. The highest BCUT2D eigenvalue weighted by Gasteiger charge is 2.37. The van der Waals surface area contributed by atoms with Gasteiger partial charge in [0.1, 0.15) is 12.2 Å². The van der Waals surface area contributed by atoms with Gasteiger partial charge in [0.2, 0.25) is 5.92 Å². The van der Waals surface area contributed by atoms with Crippen molar-refractivity contribution in [2.45, 2.75) is 64.0 Å². The van der Waals surface area contributed by atoms with Gasteiger partial charge in [-0.2, -0.15) is 5.10 Å². The average Bonchev–Trinajstić information content (AvgIpc) is 2.84. The predicted octanol–water partition coefficient (Wildman–Crippen LogP) is 1.89. The Morgan fingerprint density at radius 3 is 2.80 bits per heavy atom. The van der Waals surface area contributed by atoms with Crippen LogP contribution in [0.15, 0.2) is 6.33 Å². The lowest BCUT2D eigenvalue weighted by Gasteiger charge is -2.33. The molecule has 0 aliphatic heterocycles. The third-order valence-corrected chi connectivity index (χ3v) is 4.08. The summed E-state index contributed by atoms with van der Waals surface area (Å²) in [6, 6.07) is -0.0223. The zero-order valence-electron chi connectivity index (χ0n) is 11.9. The number of nitrogens with one attached hydrogen (secondary N) is 1. The van der Waals surface area contributed by atoms with E-state index in [1.807, 2.05) is 4.68 Å². The number of rotatable bonds is 6. The van der Waals surface area contributed by atoms with Gasteiger partial charge in [-0.3, -0.25) is 16.0 Å². The molecule has 0 amide bonds. The largest absolute Gasteiger partial charge is 0.271 e. The van der Waals surface area contributed by atoms with Crippen LogP contribution in [0, 0.1) is 5.92 Å². The second kappa shape index (κ2) is 6.58. The van der Waals surface area contributed by atoms with Crippen molar-refractivity contribution >= 4 is 0 Å². The average molecular weight is 287 g/mol. The third-order valence-electron chi connectivity index (χ3n) is 4.08. The van der Waals surface area contributed by atoms with Crippen LogP contribution in [0.2, 0.25) is 0 Å². The molecular formula is C13H23F2N5. The summed E-state index contributed by atoms with van der Waals surface area (Å²) in [5.41, 5.74) is 2.78. The fourth-order valence-electron chi connectivity index (χ4n) is 2.87. The highest BCUT2D eigenvalue weighted by molar-refractivity contribution is 4.93. The Hall–Kier alpha value is -1.08. The van der Waals surface area contributed by atoms with Crippen LogP contribution >= 0.6 is 0 Å². The Morgan fingerprint density at radius 1 is 1.50 bits per heavy atom. The maximum atomic E-state index is 13.2. The number of hydrogen-bond acceptors (Lipinski definition) is 4. The number of halogens is 2. The fraction of sp³-hybridized carbons (Fsp3) is 0.846.